The van der Waals surface area contributed by atoms with Gasteiger partial charge >= 0.3 is 0 Å². The monoisotopic (exact) mass is 278 g/mol. The zero-order valence-electron chi connectivity index (χ0n) is 11.8. The lowest BCUT2D eigenvalue weighted by molar-refractivity contribution is -0.122. The number of nitrogens with two attached hydrogens (primary N) is 1. The Morgan fingerprint density at radius 1 is 1.30 bits per heavy atom. The van der Waals surface area contributed by atoms with Crippen molar-refractivity contribution >= 4 is 5.91 Å². The first-order valence-corrected chi connectivity index (χ1v) is 7.45. The SMILES string of the molecule is NCCCC(=O)NC(c1ccc(F)cc1)C1CCCC1. The quantitative estimate of drug-likeness (QED) is 0.840. The number of hydrogen-bond donors (Lipinski definition) is 2. The van der Waals surface area contributed by atoms with Crippen LogP contribution in [0.5, 0.6) is 0 Å². The highest BCUT2D eigenvalue weighted by Crippen LogP contribution is 2.35. The molecule has 1 aliphatic rings. The van der Waals surface area contributed by atoms with Crippen LogP contribution in [0, 0.1) is 11.7 Å². The van der Waals surface area contributed by atoms with E-state index in [1.807, 2.05) is 0 Å². The molecule has 0 aromatic heterocycles. The zero-order chi connectivity index (χ0) is 14.4. The number of carbonyl (C=O) groups excluding carboxylic acids is 1. The maximum absolute atomic E-state index is 13.1. The van der Waals surface area contributed by atoms with Crippen LogP contribution in [0.1, 0.15) is 50.1 Å². The zero-order valence-corrected chi connectivity index (χ0v) is 11.8. The van der Waals surface area contributed by atoms with Gasteiger partial charge in [0.2, 0.25) is 5.91 Å². The van der Waals surface area contributed by atoms with Crippen LogP contribution in [0.25, 0.3) is 0 Å². The molecular weight excluding hydrogens is 255 g/mol. The lowest BCUT2D eigenvalue weighted by Crippen LogP contribution is -2.32. The number of benzene rings is 1. The van der Waals surface area contributed by atoms with E-state index >= 15 is 0 Å². The van der Waals surface area contributed by atoms with Gasteiger partial charge in [-0.25, -0.2) is 4.39 Å². The minimum absolute atomic E-state index is 0.00312. The molecule has 110 valence electrons. The van der Waals surface area contributed by atoms with Crippen LogP contribution in [0.4, 0.5) is 4.39 Å². The fraction of sp³-hybridized carbons (Fsp3) is 0.562. The molecule has 1 atom stereocenters. The Morgan fingerprint density at radius 2 is 1.95 bits per heavy atom. The van der Waals surface area contributed by atoms with E-state index in [1.165, 1.54) is 25.0 Å². The molecule has 1 saturated carbocycles. The summed E-state index contributed by atoms with van der Waals surface area (Å²) in [7, 11) is 0. The Morgan fingerprint density at radius 3 is 2.55 bits per heavy atom. The number of carbonyl (C=O) groups is 1. The van der Waals surface area contributed by atoms with E-state index in [4.69, 9.17) is 5.73 Å². The molecule has 1 fully saturated rings. The van der Waals surface area contributed by atoms with Crippen LogP contribution in [0.2, 0.25) is 0 Å². The molecule has 2 rings (SSSR count). The van der Waals surface area contributed by atoms with E-state index < -0.39 is 0 Å². The molecule has 1 aromatic rings. The maximum Gasteiger partial charge on any atom is 0.220 e. The van der Waals surface area contributed by atoms with Crippen molar-refractivity contribution in [2.45, 2.75) is 44.6 Å². The van der Waals surface area contributed by atoms with Crippen LogP contribution in [-0.2, 0) is 4.79 Å². The number of halogens is 1. The second-order valence-corrected chi connectivity index (χ2v) is 5.53. The number of rotatable bonds is 6. The summed E-state index contributed by atoms with van der Waals surface area (Å²) in [6.45, 7) is 0.526. The molecule has 3 N–H and O–H groups in total. The molecule has 1 unspecified atom stereocenters. The van der Waals surface area contributed by atoms with E-state index in [9.17, 15) is 9.18 Å². The first kappa shape index (κ1) is 15.0. The summed E-state index contributed by atoms with van der Waals surface area (Å²) in [5, 5.41) is 3.11. The number of hydrogen-bond acceptors (Lipinski definition) is 2. The van der Waals surface area contributed by atoms with Crippen LogP contribution in [0.3, 0.4) is 0 Å². The van der Waals surface area contributed by atoms with Crippen LogP contribution >= 0.6 is 0 Å². The summed E-state index contributed by atoms with van der Waals surface area (Å²) in [5.74, 6) is 0.257. The smallest absolute Gasteiger partial charge is 0.220 e. The van der Waals surface area contributed by atoms with E-state index in [1.54, 1.807) is 12.1 Å². The third-order valence-electron chi connectivity index (χ3n) is 4.02. The fourth-order valence-electron chi connectivity index (χ4n) is 2.94. The molecule has 0 heterocycles. The topological polar surface area (TPSA) is 55.1 Å². The molecule has 4 heteroatoms. The van der Waals surface area contributed by atoms with Crippen LogP contribution in [0.15, 0.2) is 24.3 Å². The first-order chi connectivity index (χ1) is 9.70. The second-order valence-electron chi connectivity index (χ2n) is 5.53. The molecule has 3 nitrogen and oxygen atoms in total. The third-order valence-corrected chi connectivity index (χ3v) is 4.02. The van der Waals surface area contributed by atoms with E-state index in [0.29, 0.717) is 25.3 Å². The van der Waals surface area contributed by atoms with Gasteiger partial charge in [-0.05, 0) is 49.4 Å². The molecule has 1 amide bonds. The molecule has 0 aliphatic heterocycles. The van der Waals surface area contributed by atoms with Crippen molar-refractivity contribution in [2.24, 2.45) is 11.7 Å². The highest BCUT2D eigenvalue weighted by atomic mass is 19.1. The van der Waals surface area contributed by atoms with E-state index in [0.717, 1.165) is 18.4 Å². The average molecular weight is 278 g/mol. The van der Waals surface area contributed by atoms with Crippen molar-refractivity contribution in [3.8, 4) is 0 Å². The van der Waals surface area contributed by atoms with Crippen molar-refractivity contribution in [1.82, 2.24) is 5.32 Å². The van der Waals surface area contributed by atoms with Gasteiger partial charge in [0.05, 0.1) is 6.04 Å². The lowest BCUT2D eigenvalue weighted by Gasteiger charge is -2.25. The normalized spacial score (nSPS) is 17.1. The van der Waals surface area contributed by atoms with Crippen molar-refractivity contribution in [1.29, 1.82) is 0 Å². The average Bonchev–Trinajstić information content (AvgIpc) is 2.97. The molecule has 0 radical (unpaired) electrons. The largest absolute Gasteiger partial charge is 0.349 e. The van der Waals surface area contributed by atoms with Gasteiger partial charge in [-0.2, -0.15) is 0 Å². The van der Waals surface area contributed by atoms with Crippen LogP contribution < -0.4 is 11.1 Å². The molecule has 1 aromatic carbocycles. The summed E-state index contributed by atoms with van der Waals surface area (Å²) in [4.78, 5) is 12.0. The van der Waals surface area contributed by atoms with Gasteiger partial charge in [-0.3, -0.25) is 4.79 Å². The Balaban J connectivity index is 2.07. The van der Waals surface area contributed by atoms with Crippen molar-refractivity contribution in [3.05, 3.63) is 35.6 Å². The number of amides is 1. The predicted molar refractivity (Wildman–Crippen MR) is 77.5 cm³/mol. The van der Waals surface area contributed by atoms with Gasteiger partial charge in [0.25, 0.3) is 0 Å². The Kier molecular flexibility index (Phi) is 5.53. The number of nitrogens with one attached hydrogen (secondary N) is 1. The van der Waals surface area contributed by atoms with Crippen molar-refractivity contribution < 1.29 is 9.18 Å². The third kappa shape index (κ3) is 4.04. The van der Waals surface area contributed by atoms with Gasteiger partial charge in [0.15, 0.2) is 0 Å². The molecule has 0 bridgehead atoms. The van der Waals surface area contributed by atoms with Crippen molar-refractivity contribution in [2.75, 3.05) is 6.54 Å². The highest BCUT2D eigenvalue weighted by Gasteiger charge is 2.27. The molecule has 0 saturated heterocycles. The van der Waals surface area contributed by atoms with Gasteiger partial charge in [-0.1, -0.05) is 25.0 Å². The molecule has 1 aliphatic carbocycles. The van der Waals surface area contributed by atoms with Gasteiger partial charge in [0.1, 0.15) is 5.82 Å². The minimum atomic E-state index is -0.242. The highest BCUT2D eigenvalue weighted by molar-refractivity contribution is 5.76. The van der Waals surface area contributed by atoms with Gasteiger partial charge < -0.3 is 11.1 Å². The first-order valence-electron chi connectivity index (χ1n) is 7.45. The van der Waals surface area contributed by atoms with Crippen molar-refractivity contribution in [3.63, 3.8) is 0 Å². The fourth-order valence-corrected chi connectivity index (χ4v) is 2.94. The van der Waals surface area contributed by atoms with Crippen LogP contribution in [-0.4, -0.2) is 12.5 Å². The molecular formula is C16H23FN2O. The molecule has 20 heavy (non-hydrogen) atoms. The summed E-state index contributed by atoms with van der Waals surface area (Å²) in [6, 6.07) is 6.48. The minimum Gasteiger partial charge on any atom is -0.349 e. The second kappa shape index (κ2) is 7.39. The maximum atomic E-state index is 13.1. The molecule has 0 spiro atoms. The standard InChI is InChI=1S/C16H23FN2O/c17-14-9-7-13(8-10-14)16(12-4-1-2-5-12)19-15(20)6-3-11-18/h7-10,12,16H,1-6,11,18H2,(H,19,20). The Bertz CT molecular complexity index is 427. The van der Waals surface area contributed by atoms with Gasteiger partial charge in [-0.15, -0.1) is 0 Å². The summed E-state index contributed by atoms with van der Waals surface area (Å²) >= 11 is 0. The Labute approximate surface area is 119 Å². The summed E-state index contributed by atoms with van der Waals surface area (Å²) in [5.41, 5.74) is 6.44. The van der Waals surface area contributed by atoms with Gasteiger partial charge in [0, 0.05) is 6.42 Å². The Hall–Kier alpha value is -1.42. The predicted octanol–water partition coefficient (Wildman–Crippen LogP) is 2.91. The van der Waals surface area contributed by atoms with E-state index in [2.05, 4.69) is 5.32 Å². The summed E-state index contributed by atoms with van der Waals surface area (Å²) in [6.07, 6.45) is 5.83. The van der Waals surface area contributed by atoms with E-state index in [-0.39, 0.29) is 17.8 Å². The summed E-state index contributed by atoms with van der Waals surface area (Å²) < 4.78 is 13.1. The lowest BCUT2D eigenvalue weighted by atomic mass is 9.91.